The fraction of sp³-hybridized carbons (Fsp3) is 0.933. The van der Waals surface area contributed by atoms with Crippen molar-refractivity contribution in [2.75, 3.05) is 17.3 Å². The van der Waals surface area contributed by atoms with E-state index in [2.05, 4.69) is 86.4 Å². The first kappa shape index (κ1) is 55.3. The van der Waals surface area contributed by atoms with Gasteiger partial charge in [0.1, 0.15) is 0 Å². The van der Waals surface area contributed by atoms with Gasteiger partial charge in [-0.05, 0) is 0 Å². The van der Waals surface area contributed by atoms with Crippen molar-refractivity contribution >= 4 is 75.4 Å². The fourth-order valence-corrected chi connectivity index (χ4v) is 15.2. The van der Waals surface area contributed by atoms with Crippen molar-refractivity contribution in [1.82, 2.24) is 0 Å². The normalized spacial score (nSPS) is 14.6. The molecule has 3 atom stereocenters. The number of hydrogen-bond acceptors (Lipinski definition) is 9. The second-order valence-corrected chi connectivity index (χ2v) is 25.8. The quantitative estimate of drug-likeness (QED) is 0.0325. The Hall–Kier alpha value is 0.259. The summed E-state index contributed by atoms with van der Waals surface area (Å²) in [6, 6.07) is 0. The predicted molar refractivity (Wildman–Crippen MR) is 246 cm³/mol. The summed E-state index contributed by atoms with van der Waals surface area (Å²) in [5, 5.41) is 0. The molecular weight excluding hydrogens is 851 g/mol. The van der Waals surface area contributed by atoms with E-state index in [1.807, 2.05) is 0 Å². The van der Waals surface area contributed by atoms with Gasteiger partial charge in [0.15, 0.2) is 0 Å². The summed E-state index contributed by atoms with van der Waals surface area (Å²) in [5.74, 6) is 0.279. The number of carbonyl (C=O) groups excluding carboxylic acids is 3. The first-order valence-electron chi connectivity index (χ1n) is 22.9. The second-order valence-electron chi connectivity index (χ2n) is 17.6. The molecule has 0 aliphatic heterocycles. The van der Waals surface area contributed by atoms with E-state index in [9.17, 15) is 14.4 Å². The van der Waals surface area contributed by atoms with Crippen LogP contribution >= 0.6 is 37.9 Å². The number of carbonyl (C=O) groups is 3. The average Bonchev–Trinajstić information content (AvgIpc) is 3.13. The molecule has 0 aromatic rings. The summed E-state index contributed by atoms with van der Waals surface area (Å²) in [5.41, 5.74) is 0. The van der Waals surface area contributed by atoms with E-state index in [0.717, 1.165) is 96.3 Å². The third kappa shape index (κ3) is 30.0. The van der Waals surface area contributed by atoms with Gasteiger partial charge in [0.25, 0.3) is 0 Å². The maximum atomic E-state index is 14.1. The van der Waals surface area contributed by atoms with Crippen LogP contribution in [0.15, 0.2) is 0 Å². The van der Waals surface area contributed by atoms with Gasteiger partial charge >= 0.3 is 365 Å². The van der Waals surface area contributed by atoms with Gasteiger partial charge in [-0.3, -0.25) is 0 Å². The summed E-state index contributed by atoms with van der Waals surface area (Å²) in [7, 11) is 0. The van der Waals surface area contributed by atoms with Gasteiger partial charge in [-0.15, -0.1) is 0 Å². The number of hydrogen-bond donors (Lipinski definition) is 3. The van der Waals surface area contributed by atoms with Crippen molar-refractivity contribution in [3.05, 3.63) is 0 Å². The Kier molecular flexibility index (Phi) is 36.3. The predicted octanol–water partition coefficient (Wildman–Crippen LogP) is 13.9. The molecule has 0 fully saturated rings. The van der Waals surface area contributed by atoms with E-state index in [4.69, 9.17) is 9.22 Å². The molecule has 0 spiro atoms. The molecule has 0 amide bonds. The summed E-state index contributed by atoms with van der Waals surface area (Å²) in [6.07, 6.45) is 26.0. The van der Waals surface area contributed by atoms with E-state index >= 15 is 0 Å². The molecular formula is C45H88O6S3Sn. The SMILES string of the molecule is CCCCCCCCCCC[CH2][Sn]([O]C(=O)C(CS)CCCCCC(C)C)([O]C(=O)C(CS)CCCCCC(C)C)[O]C(=O)C(CS)CCCCCC(C)C. The van der Waals surface area contributed by atoms with Gasteiger partial charge in [-0.25, -0.2) is 0 Å². The number of rotatable bonds is 38. The van der Waals surface area contributed by atoms with Crippen LogP contribution in [0.2, 0.25) is 4.44 Å². The van der Waals surface area contributed by atoms with Gasteiger partial charge in [0.2, 0.25) is 0 Å². The zero-order chi connectivity index (χ0) is 41.3. The monoisotopic (exact) mass is 940 g/mol. The summed E-state index contributed by atoms with van der Waals surface area (Å²) in [4.78, 5) is 42.2. The topological polar surface area (TPSA) is 78.9 Å². The van der Waals surface area contributed by atoms with Crippen molar-refractivity contribution in [2.24, 2.45) is 35.5 Å². The number of unbranched alkanes of at least 4 members (excludes halogenated alkanes) is 15. The van der Waals surface area contributed by atoms with Gasteiger partial charge in [0, 0.05) is 0 Å². The number of thiol groups is 3. The Morgan fingerprint density at radius 1 is 0.400 bits per heavy atom. The molecule has 0 N–H and O–H groups in total. The van der Waals surface area contributed by atoms with Crippen LogP contribution in [-0.2, 0) is 23.6 Å². The van der Waals surface area contributed by atoms with E-state index in [1.54, 1.807) is 0 Å². The van der Waals surface area contributed by atoms with Crippen molar-refractivity contribution in [2.45, 2.75) is 213 Å². The molecule has 0 heterocycles. The van der Waals surface area contributed by atoms with Crippen LogP contribution in [0.4, 0.5) is 0 Å². The van der Waals surface area contributed by atoms with Crippen LogP contribution in [0.3, 0.4) is 0 Å². The van der Waals surface area contributed by atoms with Crippen LogP contribution in [0, 0.1) is 35.5 Å². The molecule has 55 heavy (non-hydrogen) atoms. The van der Waals surface area contributed by atoms with Crippen molar-refractivity contribution in [1.29, 1.82) is 0 Å². The molecule has 326 valence electrons. The molecule has 10 heteroatoms. The van der Waals surface area contributed by atoms with E-state index in [-0.39, 0.29) is 0 Å². The standard InChI is InChI=1S/C12H25.3C11H22O2S.Sn/c1-3-5-7-9-11-12-10-8-6-4-2;3*1-9(2)6-4-3-5-7-10(8-14)11(12)13;/h1,3-12H2,2H3;3*9-10,14H,3-8H2,1-2H3,(H,12,13);/q;;;;+3/p-3. The Labute approximate surface area is 362 Å². The fourth-order valence-electron chi connectivity index (χ4n) is 6.97. The van der Waals surface area contributed by atoms with Crippen LogP contribution in [0.25, 0.3) is 0 Å². The van der Waals surface area contributed by atoms with Crippen LogP contribution < -0.4 is 0 Å². The maximum absolute atomic E-state index is 14.1. The molecule has 0 saturated carbocycles. The molecule has 0 aliphatic rings. The average molecular weight is 940 g/mol. The Bertz CT molecular complexity index is 852. The molecule has 6 nitrogen and oxygen atoms in total. The van der Waals surface area contributed by atoms with Crippen LogP contribution in [-0.4, -0.2) is 54.8 Å². The molecule has 0 aromatic carbocycles. The van der Waals surface area contributed by atoms with E-state index in [0.29, 0.717) is 65.1 Å². The minimum absolute atomic E-state index is 0.309. The Morgan fingerprint density at radius 2 is 0.655 bits per heavy atom. The molecule has 0 saturated heterocycles. The van der Waals surface area contributed by atoms with Crippen molar-refractivity contribution in [3.63, 3.8) is 0 Å². The molecule has 0 aliphatic carbocycles. The van der Waals surface area contributed by atoms with E-state index in [1.165, 1.54) is 38.5 Å². The molecule has 3 unspecified atom stereocenters. The Morgan fingerprint density at radius 3 is 0.927 bits per heavy atom. The summed E-state index contributed by atoms with van der Waals surface area (Å²) >= 11 is 8.48. The van der Waals surface area contributed by atoms with Crippen LogP contribution in [0.1, 0.15) is 209 Å². The first-order valence-corrected chi connectivity index (χ1v) is 30.3. The van der Waals surface area contributed by atoms with Crippen LogP contribution in [0.5, 0.6) is 0 Å². The Balaban J connectivity index is 6.23. The summed E-state index contributed by atoms with van der Waals surface area (Å²) in [6.45, 7) is 15.6. The van der Waals surface area contributed by atoms with Crippen molar-refractivity contribution in [3.8, 4) is 0 Å². The third-order valence-electron chi connectivity index (χ3n) is 10.8. The van der Waals surface area contributed by atoms with E-state index < -0.39 is 55.3 Å². The van der Waals surface area contributed by atoms with Gasteiger partial charge in [-0.2, -0.15) is 0 Å². The van der Waals surface area contributed by atoms with Crippen molar-refractivity contribution < 1.29 is 23.6 Å². The second kappa shape index (κ2) is 36.1. The van der Waals surface area contributed by atoms with Gasteiger partial charge < -0.3 is 0 Å². The van der Waals surface area contributed by atoms with Gasteiger partial charge in [-0.1, -0.05) is 0 Å². The first-order chi connectivity index (χ1) is 26.3. The molecule has 0 rings (SSSR count). The molecule has 0 radical (unpaired) electrons. The molecule has 0 bridgehead atoms. The summed E-state index contributed by atoms with van der Waals surface area (Å²) < 4.78 is 19.6. The minimum atomic E-state index is -5.21. The zero-order valence-corrected chi connectivity index (χ0v) is 42.3. The van der Waals surface area contributed by atoms with Gasteiger partial charge in [0.05, 0.1) is 0 Å². The molecule has 0 aromatic heterocycles. The third-order valence-corrected chi connectivity index (χ3v) is 19.2. The zero-order valence-electron chi connectivity index (χ0n) is 36.8.